The van der Waals surface area contributed by atoms with Crippen LogP contribution in [0.25, 0.3) is 11.0 Å². The number of hydrogen-bond donors (Lipinski definition) is 2. The smallest absolute Gasteiger partial charge is 0.336 e. The number of anilines is 2. The highest BCUT2D eigenvalue weighted by atomic mass is 16.4. The molecule has 0 aliphatic carbocycles. The van der Waals surface area contributed by atoms with Crippen LogP contribution in [0.3, 0.4) is 0 Å². The van der Waals surface area contributed by atoms with Crippen LogP contribution in [0.1, 0.15) is 10.5 Å². The van der Waals surface area contributed by atoms with E-state index >= 15 is 0 Å². The van der Waals surface area contributed by atoms with E-state index in [9.17, 15) is 9.59 Å². The van der Waals surface area contributed by atoms with Gasteiger partial charge in [0.15, 0.2) is 11.5 Å². The Morgan fingerprint density at radius 3 is 2.76 bits per heavy atom. The Morgan fingerprint density at radius 2 is 1.95 bits per heavy atom. The van der Waals surface area contributed by atoms with Crippen molar-refractivity contribution in [2.45, 2.75) is 0 Å². The third-order valence-electron chi connectivity index (χ3n) is 2.82. The highest BCUT2D eigenvalue weighted by Gasteiger charge is 2.12. The normalized spacial score (nSPS) is 10.5. The molecule has 7 nitrogen and oxygen atoms in total. The van der Waals surface area contributed by atoms with Gasteiger partial charge in [-0.15, -0.1) is 0 Å². The van der Waals surface area contributed by atoms with Crippen molar-refractivity contribution >= 4 is 28.4 Å². The van der Waals surface area contributed by atoms with Crippen LogP contribution in [0.2, 0.25) is 0 Å². The number of fused-ring (bicyclic) bond motifs is 1. The molecule has 3 rings (SSSR count). The van der Waals surface area contributed by atoms with E-state index in [1.807, 2.05) is 0 Å². The maximum atomic E-state index is 12.1. The van der Waals surface area contributed by atoms with Crippen molar-refractivity contribution in [2.24, 2.45) is 0 Å². The molecule has 0 unspecified atom stereocenters. The van der Waals surface area contributed by atoms with Crippen molar-refractivity contribution in [3.8, 4) is 0 Å². The van der Waals surface area contributed by atoms with E-state index in [1.165, 1.54) is 18.5 Å². The number of benzene rings is 1. The van der Waals surface area contributed by atoms with Crippen molar-refractivity contribution in [2.75, 3.05) is 11.1 Å². The first-order valence-corrected chi connectivity index (χ1v) is 6.05. The van der Waals surface area contributed by atoms with E-state index in [0.29, 0.717) is 16.7 Å². The lowest BCUT2D eigenvalue weighted by atomic mass is 10.2. The Balaban J connectivity index is 1.91. The van der Waals surface area contributed by atoms with Crippen LogP contribution in [-0.2, 0) is 0 Å². The number of carbonyl (C=O) groups is 1. The molecular formula is C14H10N4O3. The van der Waals surface area contributed by atoms with Crippen LogP contribution < -0.4 is 16.7 Å². The first-order valence-electron chi connectivity index (χ1n) is 6.05. The minimum absolute atomic E-state index is 0.0530. The van der Waals surface area contributed by atoms with Crippen LogP contribution in [0, 0.1) is 0 Å². The number of hydrogen-bond acceptors (Lipinski definition) is 6. The van der Waals surface area contributed by atoms with Gasteiger partial charge < -0.3 is 15.5 Å². The number of nitrogen functional groups attached to an aromatic ring is 1. The number of nitrogens with zero attached hydrogens (tertiary/aromatic N) is 2. The van der Waals surface area contributed by atoms with E-state index in [0.717, 1.165) is 0 Å². The van der Waals surface area contributed by atoms with Gasteiger partial charge in [0.05, 0.1) is 0 Å². The van der Waals surface area contributed by atoms with E-state index < -0.39 is 11.5 Å². The standard InChI is InChI=1S/C14H10N4O3/c15-13-12(16-5-6-17-13)14(20)18-9-2-3-10-8(7-9)1-4-11(19)21-10/h1-7H,(H2,15,17)(H,18,20). The Bertz CT molecular complexity index is 889. The largest absolute Gasteiger partial charge is 0.423 e. The van der Waals surface area contributed by atoms with Crippen molar-refractivity contribution in [3.05, 3.63) is 58.8 Å². The maximum Gasteiger partial charge on any atom is 0.336 e. The van der Waals surface area contributed by atoms with Gasteiger partial charge in [0.25, 0.3) is 5.91 Å². The lowest BCUT2D eigenvalue weighted by molar-refractivity contribution is 0.102. The summed E-state index contributed by atoms with van der Waals surface area (Å²) in [5.74, 6) is -0.404. The Kier molecular flexibility index (Phi) is 3.07. The fourth-order valence-electron chi connectivity index (χ4n) is 1.86. The summed E-state index contributed by atoms with van der Waals surface area (Å²) in [7, 11) is 0. The van der Waals surface area contributed by atoms with Gasteiger partial charge in [-0.25, -0.2) is 14.8 Å². The molecule has 0 saturated heterocycles. The number of rotatable bonds is 2. The summed E-state index contributed by atoms with van der Waals surface area (Å²) in [6.45, 7) is 0. The summed E-state index contributed by atoms with van der Waals surface area (Å²) in [6.07, 6.45) is 2.80. The first-order chi connectivity index (χ1) is 10.1. The molecule has 7 heteroatoms. The Hall–Kier alpha value is -3.22. The van der Waals surface area contributed by atoms with E-state index in [-0.39, 0.29) is 11.5 Å². The van der Waals surface area contributed by atoms with Gasteiger partial charge in [0.1, 0.15) is 5.58 Å². The molecule has 104 valence electrons. The van der Waals surface area contributed by atoms with Gasteiger partial charge >= 0.3 is 5.63 Å². The molecule has 0 radical (unpaired) electrons. The Labute approximate surface area is 118 Å². The van der Waals surface area contributed by atoms with Gasteiger partial charge in [-0.1, -0.05) is 0 Å². The zero-order chi connectivity index (χ0) is 14.8. The summed E-state index contributed by atoms with van der Waals surface area (Å²) in [4.78, 5) is 30.9. The fourth-order valence-corrected chi connectivity index (χ4v) is 1.86. The molecule has 0 aliphatic rings. The van der Waals surface area contributed by atoms with Gasteiger partial charge in [-0.3, -0.25) is 4.79 Å². The fraction of sp³-hybridized carbons (Fsp3) is 0. The highest BCUT2D eigenvalue weighted by molar-refractivity contribution is 6.06. The highest BCUT2D eigenvalue weighted by Crippen LogP contribution is 2.18. The third kappa shape index (κ3) is 2.57. The Morgan fingerprint density at radius 1 is 1.14 bits per heavy atom. The van der Waals surface area contributed by atoms with Crippen LogP contribution in [0.5, 0.6) is 0 Å². The van der Waals surface area contributed by atoms with Crippen LogP contribution in [-0.4, -0.2) is 15.9 Å². The van der Waals surface area contributed by atoms with Crippen molar-refractivity contribution in [1.29, 1.82) is 0 Å². The van der Waals surface area contributed by atoms with Crippen LogP contribution in [0.4, 0.5) is 11.5 Å². The summed E-state index contributed by atoms with van der Waals surface area (Å²) in [5, 5.41) is 3.36. The van der Waals surface area contributed by atoms with E-state index in [2.05, 4.69) is 15.3 Å². The zero-order valence-corrected chi connectivity index (χ0v) is 10.7. The molecule has 0 aliphatic heterocycles. The maximum absolute atomic E-state index is 12.1. The molecule has 0 spiro atoms. The molecule has 1 amide bonds. The number of carbonyl (C=O) groups excluding carboxylic acids is 1. The monoisotopic (exact) mass is 282 g/mol. The van der Waals surface area contributed by atoms with Crippen LogP contribution >= 0.6 is 0 Å². The zero-order valence-electron chi connectivity index (χ0n) is 10.7. The lowest BCUT2D eigenvalue weighted by Crippen LogP contribution is -2.16. The van der Waals surface area contributed by atoms with Gasteiger partial charge in [-0.2, -0.15) is 0 Å². The summed E-state index contributed by atoms with van der Waals surface area (Å²) < 4.78 is 5.01. The minimum Gasteiger partial charge on any atom is -0.423 e. The van der Waals surface area contributed by atoms with Crippen molar-refractivity contribution < 1.29 is 9.21 Å². The number of nitrogens with one attached hydrogen (secondary N) is 1. The SMILES string of the molecule is Nc1nccnc1C(=O)Nc1ccc2oc(=O)ccc2c1. The molecular weight excluding hydrogens is 272 g/mol. The summed E-state index contributed by atoms with van der Waals surface area (Å²) in [6, 6.07) is 7.84. The van der Waals surface area contributed by atoms with Crippen molar-refractivity contribution in [1.82, 2.24) is 9.97 Å². The molecule has 1 aromatic carbocycles. The van der Waals surface area contributed by atoms with Gasteiger partial charge in [-0.05, 0) is 24.3 Å². The quantitative estimate of drug-likeness (QED) is 0.687. The molecule has 21 heavy (non-hydrogen) atoms. The molecule has 3 N–H and O–H groups in total. The van der Waals surface area contributed by atoms with E-state index in [4.69, 9.17) is 10.2 Å². The number of amides is 1. The second-order valence-electron chi connectivity index (χ2n) is 4.25. The van der Waals surface area contributed by atoms with E-state index in [1.54, 1.807) is 24.3 Å². The second-order valence-corrected chi connectivity index (χ2v) is 4.25. The van der Waals surface area contributed by atoms with Gasteiger partial charge in [0, 0.05) is 29.5 Å². The third-order valence-corrected chi connectivity index (χ3v) is 2.82. The molecule has 0 bridgehead atoms. The van der Waals surface area contributed by atoms with Crippen LogP contribution in [0.15, 0.2) is 51.9 Å². The lowest BCUT2D eigenvalue weighted by Gasteiger charge is -2.06. The number of nitrogens with two attached hydrogens (primary N) is 1. The number of aromatic nitrogens is 2. The summed E-state index contributed by atoms with van der Waals surface area (Å²) in [5.41, 5.74) is 6.20. The average Bonchev–Trinajstić information content (AvgIpc) is 2.48. The first kappa shape index (κ1) is 12.8. The van der Waals surface area contributed by atoms with Crippen molar-refractivity contribution in [3.63, 3.8) is 0 Å². The molecule has 0 fully saturated rings. The topological polar surface area (TPSA) is 111 Å². The molecule has 3 aromatic rings. The molecule has 0 saturated carbocycles. The predicted octanol–water partition coefficient (Wildman–Crippen LogP) is 1.42. The molecule has 2 aromatic heterocycles. The minimum atomic E-state index is -0.461. The molecule has 2 heterocycles. The second kappa shape index (κ2) is 5.04. The average molecular weight is 282 g/mol. The predicted molar refractivity (Wildman–Crippen MR) is 76.9 cm³/mol. The molecule has 0 atom stereocenters. The van der Waals surface area contributed by atoms with Gasteiger partial charge in [0.2, 0.25) is 0 Å². The summed E-state index contributed by atoms with van der Waals surface area (Å²) >= 11 is 0.